The second kappa shape index (κ2) is 6.51. The molecule has 108 valence electrons. The van der Waals surface area contributed by atoms with E-state index in [-0.39, 0.29) is 4.90 Å². The molecule has 1 N–H and O–H groups in total. The fourth-order valence-electron chi connectivity index (χ4n) is 1.80. The minimum absolute atomic E-state index is 0.284. The van der Waals surface area contributed by atoms with Crippen molar-refractivity contribution in [1.82, 2.24) is 14.5 Å². The normalized spacial score (nSPS) is 11.7. The zero-order chi connectivity index (χ0) is 14.6. The fourth-order valence-corrected chi connectivity index (χ4v) is 3.21. The highest BCUT2D eigenvalue weighted by Crippen LogP contribution is 2.12. The third-order valence-electron chi connectivity index (χ3n) is 2.98. The number of benzene rings is 1. The summed E-state index contributed by atoms with van der Waals surface area (Å²) in [5.41, 5.74) is 2.03. The molecule has 7 heteroatoms. The first kappa shape index (κ1) is 15.2. The molecule has 1 heterocycles. The summed E-state index contributed by atoms with van der Waals surface area (Å²) in [5, 5.41) is 4.75. The van der Waals surface area contributed by atoms with Gasteiger partial charge in [-0.15, -0.1) is 0 Å². The molecule has 0 atom stereocenters. The first-order chi connectivity index (χ1) is 9.53. The number of sulfonamides is 1. The number of nitrogens with one attached hydrogen (secondary N) is 1. The smallest absolute Gasteiger partial charge is 0.240 e. The lowest BCUT2D eigenvalue weighted by molar-refractivity contribution is 0.579. The van der Waals surface area contributed by atoms with Crippen molar-refractivity contribution in [2.75, 3.05) is 6.54 Å². The standard InChI is InChI=1S/C13H16BrN3O2S/c1-17-12(6-8-15-17)7-9-16-20(18,19)13-4-2-11(10-14)3-5-13/h2-6,8,16H,7,9-10H2,1H3. The van der Waals surface area contributed by atoms with Crippen LogP contribution in [0, 0.1) is 0 Å². The molecule has 0 spiro atoms. The van der Waals surface area contributed by atoms with Crippen LogP contribution < -0.4 is 4.72 Å². The number of halogens is 1. The maximum Gasteiger partial charge on any atom is 0.240 e. The topological polar surface area (TPSA) is 64.0 Å². The number of rotatable bonds is 6. The molecule has 0 saturated carbocycles. The van der Waals surface area contributed by atoms with E-state index in [1.807, 2.05) is 13.1 Å². The maximum absolute atomic E-state index is 12.1. The van der Waals surface area contributed by atoms with Gasteiger partial charge in [0.2, 0.25) is 10.0 Å². The molecular formula is C13H16BrN3O2S. The molecule has 0 aliphatic carbocycles. The van der Waals surface area contributed by atoms with Crippen LogP contribution in [0.5, 0.6) is 0 Å². The van der Waals surface area contributed by atoms with Gasteiger partial charge in [-0.3, -0.25) is 4.68 Å². The van der Waals surface area contributed by atoms with Crippen molar-refractivity contribution in [2.24, 2.45) is 7.05 Å². The third-order valence-corrected chi connectivity index (χ3v) is 5.11. The first-order valence-corrected chi connectivity index (χ1v) is 8.75. The zero-order valence-electron chi connectivity index (χ0n) is 11.1. The zero-order valence-corrected chi connectivity index (χ0v) is 13.5. The molecule has 0 radical (unpaired) electrons. The van der Waals surface area contributed by atoms with Crippen LogP contribution in [0.3, 0.4) is 0 Å². The number of hydrogen-bond acceptors (Lipinski definition) is 3. The molecule has 0 unspecified atom stereocenters. The summed E-state index contributed by atoms with van der Waals surface area (Å²) in [6, 6.07) is 8.69. The summed E-state index contributed by atoms with van der Waals surface area (Å²) in [7, 11) is -1.61. The van der Waals surface area contributed by atoms with Gasteiger partial charge < -0.3 is 0 Å². The van der Waals surface area contributed by atoms with Crippen LogP contribution in [0.4, 0.5) is 0 Å². The van der Waals surface area contributed by atoms with Gasteiger partial charge in [0.15, 0.2) is 0 Å². The average Bonchev–Trinajstić information content (AvgIpc) is 2.84. The van der Waals surface area contributed by atoms with E-state index in [0.717, 1.165) is 11.3 Å². The van der Waals surface area contributed by atoms with E-state index in [4.69, 9.17) is 0 Å². The van der Waals surface area contributed by atoms with Crippen molar-refractivity contribution < 1.29 is 8.42 Å². The average molecular weight is 358 g/mol. The molecule has 1 aromatic heterocycles. The predicted octanol–water partition coefficient (Wildman–Crippen LogP) is 1.84. The minimum Gasteiger partial charge on any atom is -0.273 e. The molecule has 5 nitrogen and oxygen atoms in total. The van der Waals surface area contributed by atoms with Gasteiger partial charge in [-0.25, -0.2) is 13.1 Å². The molecule has 1 aromatic carbocycles. The summed E-state index contributed by atoms with van der Waals surface area (Å²) in [6.07, 6.45) is 2.30. The van der Waals surface area contributed by atoms with Gasteiger partial charge >= 0.3 is 0 Å². The Morgan fingerprint density at radius 1 is 1.25 bits per heavy atom. The Hall–Kier alpha value is -1.18. The SMILES string of the molecule is Cn1nccc1CCNS(=O)(=O)c1ccc(CBr)cc1. The van der Waals surface area contributed by atoms with Crippen LogP contribution in [0.2, 0.25) is 0 Å². The lowest BCUT2D eigenvalue weighted by Crippen LogP contribution is -2.26. The van der Waals surface area contributed by atoms with E-state index in [9.17, 15) is 8.42 Å². The number of aromatic nitrogens is 2. The van der Waals surface area contributed by atoms with Crippen molar-refractivity contribution in [2.45, 2.75) is 16.6 Å². The van der Waals surface area contributed by atoms with Gasteiger partial charge in [0, 0.05) is 37.2 Å². The van der Waals surface area contributed by atoms with E-state index < -0.39 is 10.0 Å². The monoisotopic (exact) mass is 357 g/mol. The number of nitrogens with zero attached hydrogens (tertiary/aromatic N) is 2. The van der Waals surface area contributed by atoms with E-state index in [1.165, 1.54) is 0 Å². The highest BCUT2D eigenvalue weighted by Gasteiger charge is 2.13. The van der Waals surface area contributed by atoms with Gasteiger partial charge in [0.05, 0.1) is 4.90 Å². The largest absolute Gasteiger partial charge is 0.273 e. The molecule has 0 aliphatic heterocycles. The molecule has 0 bridgehead atoms. The van der Waals surface area contributed by atoms with Crippen LogP contribution in [0.15, 0.2) is 41.4 Å². The van der Waals surface area contributed by atoms with Gasteiger partial charge in [-0.1, -0.05) is 28.1 Å². The van der Waals surface area contributed by atoms with Crippen molar-refractivity contribution in [3.63, 3.8) is 0 Å². The lowest BCUT2D eigenvalue weighted by Gasteiger charge is -2.07. The summed E-state index contributed by atoms with van der Waals surface area (Å²) in [4.78, 5) is 0.284. The Kier molecular flexibility index (Phi) is 4.95. The quantitative estimate of drug-likeness (QED) is 0.802. The van der Waals surface area contributed by atoms with Gasteiger partial charge in [-0.2, -0.15) is 5.10 Å². The van der Waals surface area contributed by atoms with E-state index >= 15 is 0 Å². The molecule has 2 aromatic rings. The van der Waals surface area contributed by atoms with Gasteiger partial charge in [0.25, 0.3) is 0 Å². The Morgan fingerprint density at radius 3 is 2.50 bits per heavy atom. The first-order valence-electron chi connectivity index (χ1n) is 6.14. The predicted molar refractivity (Wildman–Crippen MR) is 81.2 cm³/mol. The van der Waals surface area contributed by atoms with Crippen LogP contribution in [-0.2, 0) is 28.8 Å². The second-order valence-corrected chi connectivity index (χ2v) is 6.70. The highest BCUT2D eigenvalue weighted by atomic mass is 79.9. The molecule has 0 saturated heterocycles. The highest BCUT2D eigenvalue weighted by molar-refractivity contribution is 9.08. The second-order valence-electron chi connectivity index (χ2n) is 4.37. The van der Waals surface area contributed by atoms with E-state index in [2.05, 4.69) is 25.8 Å². The Labute approximate surface area is 127 Å². The summed E-state index contributed by atoms with van der Waals surface area (Å²) in [6.45, 7) is 0.349. The van der Waals surface area contributed by atoms with E-state index in [0.29, 0.717) is 18.3 Å². The molecule has 2 rings (SSSR count). The van der Waals surface area contributed by atoms with Crippen molar-refractivity contribution in [1.29, 1.82) is 0 Å². The lowest BCUT2D eigenvalue weighted by atomic mass is 10.2. The van der Waals surface area contributed by atoms with Gasteiger partial charge in [0.1, 0.15) is 0 Å². The molecule has 0 aliphatic rings. The number of hydrogen-bond donors (Lipinski definition) is 1. The number of aryl methyl sites for hydroxylation is 1. The van der Waals surface area contributed by atoms with Crippen LogP contribution in [0.25, 0.3) is 0 Å². The van der Waals surface area contributed by atoms with Crippen LogP contribution >= 0.6 is 15.9 Å². The summed E-state index contributed by atoms with van der Waals surface area (Å²) in [5.74, 6) is 0. The molecule has 0 fully saturated rings. The Morgan fingerprint density at radius 2 is 1.95 bits per heavy atom. The van der Waals surface area contributed by atoms with Crippen molar-refractivity contribution >= 4 is 26.0 Å². The number of alkyl halides is 1. The maximum atomic E-state index is 12.1. The summed E-state index contributed by atoms with van der Waals surface area (Å²) >= 11 is 3.33. The van der Waals surface area contributed by atoms with Crippen LogP contribution in [0.1, 0.15) is 11.3 Å². The fraction of sp³-hybridized carbons (Fsp3) is 0.308. The molecular weight excluding hydrogens is 342 g/mol. The minimum atomic E-state index is -3.45. The Bertz CT molecular complexity index is 665. The van der Waals surface area contributed by atoms with Crippen molar-refractivity contribution in [3.8, 4) is 0 Å². The van der Waals surface area contributed by atoms with E-state index in [1.54, 1.807) is 35.1 Å². The van der Waals surface area contributed by atoms with Crippen molar-refractivity contribution in [3.05, 3.63) is 47.8 Å². The Balaban J connectivity index is 1.98. The molecule has 20 heavy (non-hydrogen) atoms. The van der Waals surface area contributed by atoms with Crippen LogP contribution in [-0.4, -0.2) is 24.7 Å². The van der Waals surface area contributed by atoms with Gasteiger partial charge in [-0.05, 0) is 23.8 Å². The molecule has 0 amide bonds. The third kappa shape index (κ3) is 3.68. The summed E-state index contributed by atoms with van der Waals surface area (Å²) < 4.78 is 28.5.